The number of Topliss-reactive ketones (excluding diaryl/α,β-unsaturated/α-hetero) is 1. The summed E-state index contributed by atoms with van der Waals surface area (Å²) >= 11 is 0. The third-order valence-electron chi connectivity index (χ3n) is 6.22. The number of hydrogen-bond donors (Lipinski definition) is 0. The first-order valence-electron chi connectivity index (χ1n) is 10.9. The molecular formula is C25H32ClFN2O3. The number of hydrogen-bond acceptors (Lipinski definition) is 4. The summed E-state index contributed by atoms with van der Waals surface area (Å²) in [5.41, 5.74) is 1.28. The van der Waals surface area contributed by atoms with Gasteiger partial charge in [-0.3, -0.25) is 4.79 Å². The van der Waals surface area contributed by atoms with Gasteiger partial charge in [-0.25, -0.2) is 9.18 Å². The first-order chi connectivity index (χ1) is 15.0. The monoisotopic (exact) mass is 462 g/mol. The average molecular weight is 463 g/mol. The van der Waals surface area contributed by atoms with E-state index in [0.717, 1.165) is 44.5 Å². The number of benzene rings is 2. The quantitative estimate of drug-likeness (QED) is 0.500. The lowest BCUT2D eigenvalue weighted by molar-refractivity contribution is 0.0243. The number of carbonyl (C=O) groups is 2. The molecule has 2 aromatic carbocycles. The molecule has 3 rings (SSSR count). The third kappa shape index (κ3) is 6.08. The summed E-state index contributed by atoms with van der Waals surface area (Å²) in [5.74, 6) is -0.294. The van der Waals surface area contributed by atoms with Crippen LogP contribution in [0.3, 0.4) is 0 Å². The van der Waals surface area contributed by atoms with Crippen LogP contribution in [-0.4, -0.2) is 55.0 Å². The molecule has 32 heavy (non-hydrogen) atoms. The SMILES string of the molecule is CCOC(=O)N(C)C1(c2ccccc2)CCN(CCCC(=O)c2ccc(F)cc2)CC1.Cl. The van der Waals surface area contributed by atoms with Crippen molar-refractivity contribution in [1.29, 1.82) is 0 Å². The smallest absolute Gasteiger partial charge is 0.410 e. The summed E-state index contributed by atoms with van der Waals surface area (Å²) in [7, 11) is 1.82. The molecule has 1 aliphatic heterocycles. The lowest BCUT2D eigenvalue weighted by Gasteiger charge is -2.47. The van der Waals surface area contributed by atoms with Gasteiger partial charge in [0.2, 0.25) is 0 Å². The van der Waals surface area contributed by atoms with E-state index in [4.69, 9.17) is 4.74 Å². The molecule has 0 spiro atoms. The Kier molecular flexibility index (Phi) is 9.66. The summed E-state index contributed by atoms with van der Waals surface area (Å²) in [6.07, 6.45) is 2.50. The van der Waals surface area contributed by atoms with Gasteiger partial charge in [-0.05, 0) is 62.6 Å². The van der Waals surface area contributed by atoms with Crippen LogP contribution in [0, 0.1) is 5.82 Å². The highest BCUT2D eigenvalue weighted by atomic mass is 35.5. The predicted molar refractivity (Wildman–Crippen MR) is 126 cm³/mol. The normalized spacial score (nSPS) is 15.5. The van der Waals surface area contributed by atoms with Crippen molar-refractivity contribution in [3.8, 4) is 0 Å². The molecule has 2 aromatic rings. The van der Waals surface area contributed by atoms with Crippen molar-refractivity contribution in [1.82, 2.24) is 9.80 Å². The number of ketones is 1. The van der Waals surface area contributed by atoms with Crippen molar-refractivity contribution >= 4 is 24.3 Å². The van der Waals surface area contributed by atoms with Crippen LogP contribution in [0.5, 0.6) is 0 Å². The second-order valence-electron chi connectivity index (χ2n) is 8.03. The molecule has 1 amide bonds. The Morgan fingerprint density at radius 1 is 1.06 bits per heavy atom. The lowest BCUT2D eigenvalue weighted by atomic mass is 9.79. The fraction of sp³-hybridized carbons (Fsp3) is 0.440. The van der Waals surface area contributed by atoms with Crippen molar-refractivity contribution in [2.24, 2.45) is 0 Å². The van der Waals surface area contributed by atoms with Gasteiger partial charge in [-0.1, -0.05) is 30.3 Å². The second kappa shape index (κ2) is 12.0. The Morgan fingerprint density at radius 3 is 2.28 bits per heavy atom. The Bertz CT molecular complexity index is 869. The topological polar surface area (TPSA) is 49.9 Å². The van der Waals surface area contributed by atoms with Crippen LogP contribution >= 0.6 is 12.4 Å². The fourth-order valence-corrected chi connectivity index (χ4v) is 4.35. The van der Waals surface area contributed by atoms with E-state index in [0.29, 0.717) is 18.6 Å². The van der Waals surface area contributed by atoms with E-state index < -0.39 is 5.54 Å². The number of carbonyl (C=O) groups excluding carboxylic acids is 2. The number of halogens is 2. The molecular weight excluding hydrogens is 431 g/mol. The molecule has 5 nitrogen and oxygen atoms in total. The van der Waals surface area contributed by atoms with Crippen molar-refractivity contribution in [2.45, 2.75) is 38.1 Å². The zero-order valence-corrected chi connectivity index (χ0v) is 19.6. The zero-order valence-electron chi connectivity index (χ0n) is 18.8. The number of likely N-dealkylation sites (tertiary alicyclic amines) is 1. The van der Waals surface area contributed by atoms with Gasteiger partial charge in [0.25, 0.3) is 0 Å². The number of nitrogens with zero attached hydrogens (tertiary/aromatic N) is 2. The molecule has 1 aliphatic rings. The lowest BCUT2D eigenvalue weighted by Crippen LogP contribution is -2.54. The van der Waals surface area contributed by atoms with Crippen molar-refractivity contribution in [3.63, 3.8) is 0 Å². The molecule has 0 N–H and O–H groups in total. The standard InChI is InChI=1S/C25H31FN2O3.ClH/c1-3-31-24(30)27(2)25(21-8-5-4-6-9-21)15-18-28(19-16-25)17-7-10-23(29)20-11-13-22(26)14-12-20;/h4-6,8-9,11-14H,3,7,10,15-19H2,1-2H3;1H. The molecule has 0 saturated carbocycles. The largest absolute Gasteiger partial charge is 0.450 e. The third-order valence-corrected chi connectivity index (χ3v) is 6.22. The molecule has 0 bridgehead atoms. The van der Waals surface area contributed by atoms with Crippen molar-refractivity contribution in [2.75, 3.05) is 33.3 Å². The molecule has 1 fully saturated rings. The van der Waals surface area contributed by atoms with Gasteiger partial charge in [-0.2, -0.15) is 0 Å². The first-order valence-corrected chi connectivity index (χ1v) is 10.9. The van der Waals surface area contributed by atoms with Gasteiger partial charge < -0.3 is 14.5 Å². The van der Waals surface area contributed by atoms with E-state index in [-0.39, 0.29) is 30.1 Å². The zero-order chi connectivity index (χ0) is 22.3. The van der Waals surface area contributed by atoms with Crippen LogP contribution in [0.1, 0.15) is 48.5 Å². The Hall–Kier alpha value is -2.44. The van der Waals surface area contributed by atoms with E-state index in [9.17, 15) is 14.0 Å². The maximum atomic E-state index is 13.0. The molecule has 0 radical (unpaired) electrons. The maximum Gasteiger partial charge on any atom is 0.410 e. The van der Waals surface area contributed by atoms with E-state index in [1.165, 1.54) is 24.3 Å². The van der Waals surface area contributed by atoms with E-state index in [1.54, 1.807) is 4.90 Å². The van der Waals surface area contributed by atoms with Crippen LogP contribution < -0.4 is 0 Å². The molecule has 0 aromatic heterocycles. The summed E-state index contributed by atoms with van der Waals surface area (Å²) < 4.78 is 18.3. The fourth-order valence-electron chi connectivity index (χ4n) is 4.35. The Morgan fingerprint density at radius 2 is 1.69 bits per heavy atom. The highest BCUT2D eigenvalue weighted by Gasteiger charge is 2.42. The van der Waals surface area contributed by atoms with Crippen molar-refractivity contribution in [3.05, 3.63) is 71.5 Å². The van der Waals surface area contributed by atoms with Crippen LogP contribution in [0.15, 0.2) is 54.6 Å². The van der Waals surface area contributed by atoms with Gasteiger partial charge in [0, 0.05) is 32.1 Å². The highest BCUT2D eigenvalue weighted by Crippen LogP contribution is 2.38. The molecule has 7 heteroatoms. The van der Waals surface area contributed by atoms with Gasteiger partial charge in [0.1, 0.15) is 5.82 Å². The van der Waals surface area contributed by atoms with Crippen LogP contribution in [-0.2, 0) is 10.3 Å². The second-order valence-corrected chi connectivity index (χ2v) is 8.03. The summed E-state index contributed by atoms with van der Waals surface area (Å²) in [4.78, 5) is 28.9. The molecule has 0 atom stereocenters. The highest BCUT2D eigenvalue weighted by molar-refractivity contribution is 5.95. The van der Waals surface area contributed by atoms with Crippen LogP contribution in [0.4, 0.5) is 9.18 Å². The minimum absolute atomic E-state index is 0. The summed E-state index contributed by atoms with van der Waals surface area (Å²) in [5, 5.41) is 0. The molecule has 1 saturated heterocycles. The van der Waals surface area contributed by atoms with Gasteiger partial charge in [0.15, 0.2) is 5.78 Å². The van der Waals surface area contributed by atoms with Gasteiger partial charge in [-0.15, -0.1) is 12.4 Å². The van der Waals surface area contributed by atoms with E-state index in [1.807, 2.05) is 32.2 Å². The van der Waals surface area contributed by atoms with E-state index in [2.05, 4.69) is 17.0 Å². The summed E-state index contributed by atoms with van der Waals surface area (Å²) in [6.45, 7) is 4.66. The van der Waals surface area contributed by atoms with E-state index >= 15 is 0 Å². The number of amides is 1. The predicted octanol–water partition coefficient (Wildman–Crippen LogP) is 5.29. The number of piperidine rings is 1. The minimum atomic E-state index is -0.395. The first kappa shape index (κ1) is 25.8. The number of rotatable bonds is 8. The summed E-state index contributed by atoms with van der Waals surface area (Å²) in [6, 6.07) is 15.9. The van der Waals surface area contributed by atoms with Crippen molar-refractivity contribution < 1.29 is 18.7 Å². The average Bonchev–Trinajstić information content (AvgIpc) is 2.80. The molecule has 1 heterocycles. The minimum Gasteiger partial charge on any atom is -0.450 e. The van der Waals surface area contributed by atoms with Gasteiger partial charge in [0.05, 0.1) is 12.1 Å². The molecule has 174 valence electrons. The van der Waals surface area contributed by atoms with Crippen LogP contribution in [0.25, 0.3) is 0 Å². The Labute approximate surface area is 196 Å². The molecule has 0 unspecified atom stereocenters. The van der Waals surface area contributed by atoms with Crippen LogP contribution in [0.2, 0.25) is 0 Å². The maximum absolute atomic E-state index is 13.0. The number of ether oxygens (including phenoxy) is 1. The molecule has 0 aliphatic carbocycles. The van der Waals surface area contributed by atoms with Gasteiger partial charge >= 0.3 is 6.09 Å². The Balaban J connectivity index is 0.00000363.